The molecule has 2 rings (SSSR count). The van der Waals surface area contributed by atoms with Crippen LogP contribution in [0.1, 0.15) is 5.76 Å². The van der Waals surface area contributed by atoms with Gasteiger partial charge >= 0.3 is 5.88 Å². The fourth-order valence-electron chi connectivity index (χ4n) is 1.73. The molecule has 1 aromatic heterocycles. The average molecular weight is 345 g/mol. The molecule has 9 nitrogen and oxygen atoms in total. The van der Waals surface area contributed by atoms with E-state index in [1.54, 1.807) is 24.3 Å². The molecule has 0 unspecified atom stereocenters. The van der Waals surface area contributed by atoms with Gasteiger partial charge in [-0.3, -0.25) is 14.9 Å². The van der Waals surface area contributed by atoms with Crippen LogP contribution in [0.4, 0.5) is 5.88 Å². The Morgan fingerprint density at radius 2 is 2.08 bits per heavy atom. The molecule has 2 aromatic rings. The number of nitro groups is 1. The van der Waals surface area contributed by atoms with Crippen LogP contribution in [0.25, 0.3) is 6.08 Å². The summed E-state index contributed by atoms with van der Waals surface area (Å²) in [7, 11) is 1.51. The van der Waals surface area contributed by atoms with Crippen molar-refractivity contribution in [2.24, 2.45) is 5.10 Å². The monoisotopic (exact) mass is 345 g/mol. The predicted octanol–water partition coefficient (Wildman–Crippen LogP) is 2.39. The highest BCUT2D eigenvalue weighted by atomic mass is 16.6. The number of allylic oxidation sites excluding steroid dienone is 1. The molecule has 0 atom stereocenters. The Labute approximate surface area is 142 Å². The summed E-state index contributed by atoms with van der Waals surface area (Å²) in [6.07, 6.45) is 4.23. The van der Waals surface area contributed by atoms with E-state index in [1.807, 2.05) is 0 Å². The first-order valence-electron chi connectivity index (χ1n) is 7.09. The smallest absolute Gasteiger partial charge is 0.433 e. The molecule has 9 heteroatoms. The van der Waals surface area contributed by atoms with Crippen LogP contribution in [0.2, 0.25) is 0 Å². The Hall–Kier alpha value is -3.62. The highest BCUT2D eigenvalue weighted by Crippen LogP contribution is 2.25. The van der Waals surface area contributed by atoms with Gasteiger partial charge in [-0.15, -0.1) is 0 Å². The number of benzene rings is 1. The second kappa shape index (κ2) is 8.87. The molecule has 0 bridgehead atoms. The normalized spacial score (nSPS) is 10.9. The van der Waals surface area contributed by atoms with E-state index in [1.165, 1.54) is 37.6 Å². The Balaban J connectivity index is 1.76. The third kappa shape index (κ3) is 5.50. The van der Waals surface area contributed by atoms with Crippen molar-refractivity contribution in [3.8, 4) is 11.5 Å². The van der Waals surface area contributed by atoms with Crippen LogP contribution in [0.5, 0.6) is 11.5 Å². The lowest BCUT2D eigenvalue weighted by molar-refractivity contribution is -0.402. The summed E-state index contributed by atoms with van der Waals surface area (Å²) >= 11 is 0. The number of hydrogen-bond acceptors (Lipinski definition) is 7. The Morgan fingerprint density at radius 1 is 1.32 bits per heavy atom. The molecule has 0 aliphatic rings. The summed E-state index contributed by atoms with van der Waals surface area (Å²) < 4.78 is 15.4. The lowest BCUT2D eigenvalue weighted by Crippen LogP contribution is -2.24. The van der Waals surface area contributed by atoms with Crippen LogP contribution in [0.15, 0.2) is 52.0 Å². The lowest BCUT2D eigenvalue weighted by atomic mass is 10.3. The lowest BCUT2D eigenvalue weighted by Gasteiger charge is -2.08. The second-order valence-electron chi connectivity index (χ2n) is 4.54. The third-order valence-electron chi connectivity index (χ3n) is 2.83. The largest absolute Gasteiger partial charge is 0.493 e. The molecule has 0 aliphatic heterocycles. The molecule has 0 aliphatic carbocycles. The predicted molar refractivity (Wildman–Crippen MR) is 89.5 cm³/mol. The first-order valence-corrected chi connectivity index (χ1v) is 7.09. The quantitative estimate of drug-likeness (QED) is 0.446. The molecule has 1 heterocycles. The van der Waals surface area contributed by atoms with E-state index in [4.69, 9.17) is 13.9 Å². The zero-order valence-electron chi connectivity index (χ0n) is 13.2. The van der Waals surface area contributed by atoms with Crippen LogP contribution in [-0.2, 0) is 4.79 Å². The van der Waals surface area contributed by atoms with Crippen molar-refractivity contribution < 1.29 is 23.6 Å². The van der Waals surface area contributed by atoms with Gasteiger partial charge in [-0.25, -0.2) is 5.43 Å². The molecule has 1 aromatic carbocycles. The summed E-state index contributed by atoms with van der Waals surface area (Å²) in [5, 5.41) is 14.1. The maximum atomic E-state index is 11.6. The molecule has 130 valence electrons. The van der Waals surface area contributed by atoms with Gasteiger partial charge < -0.3 is 13.9 Å². The van der Waals surface area contributed by atoms with Crippen molar-refractivity contribution in [3.05, 3.63) is 58.3 Å². The number of nitrogens with one attached hydrogen (secondary N) is 1. The van der Waals surface area contributed by atoms with E-state index >= 15 is 0 Å². The van der Waals surface area contributed by atoms with Crippen molar-refractivity contribution in [1.82, 2.24) is 5.43 Å². The van der Waals surface area contributed by atoms with Gasteiger partial charge in [0, 0.05) is 6.21 Å². The zero-order valence-corrected chi connectivity index (χ0v) is 13.2. The van der Waals surface area contributed by atoms with Gasteiger partial charge in [-0.05, 0) is 30.4 Å². The number of nitrogens with zero attached hydrogens (tertiary/aromatic N) is 2. The van der Waals surface area contributed by atoms with Gasteiger partial charge in [-0.1, -0.05) is 12.1 Å². The fourth-order valence-corrected chi connectivity index (χ4v) is 1.73. The van der Waals surface area contributed by atoms with Gasteiger partial charge in [0.15, 0.2) is 18.1 Å². The Kier molecular flexibility index (Phi) is 6.29. The molecule has 1 N–H and O–H groups in total. The average Bonchev–Trinajstić information content (AvgIpc) is 3.09. The summed E-state index contributed by atoms with van der Waals surface area (Å²) in [5.41, 5.74) is 2.27. The number of hydrazone groups is 1. The summed E-state index contributed by atoms with van der Waals surface area (Å²) in [5.74, 6) is 0.462. The van der Waals surface area contributed by atoms with E-state index < -0.39 is 10.8 Å². The minimum absolute atomic E-state index is 0.230. The van der Waals surface area contributed by atoms with Crippen molar-refractivity contribution in [2.45, 2.75) is 0 Å². The molecular weight excluding hydrogens is 330 g/mol. The van der Waals surface area contributed by atoms with Crippen LogP contribution < -0.4 is 14.9 Å². The number of methoxy groups -OCH3 is 1. The first-order chi connectivity index (χ1) is 12.1. The van der Waals surface area contributed by atoms with E-state index in [0.717, 1.165) is 0 Å². The van der Waals surface area contributed by atoms with Crippen LogP contribution in [0, 0.1) is 10.1 Å². The SMILES string of the molecule is COc1ccccc1OCC(=O)N/N=C\C=C\c1ccc([N+](=O)[O-])o1. The molecule has 0 radical (unpaired) electrons. The minimum Gasteiger partial charge on any atom is -0.493 e. The number of hydrogen-bond donors (Lipinski definition) is 1. The molecule has 0 saturated heterocycles. The van der Waals surface area contributed by atoms with Gasteiger partial charge in [0.1, 0.15) is 10.7 Å². The zero-order chi connectivity index (χ0) is 18.1. The topological polar surface area (TPSA) is 116 Å². The Morgan fingerprint density at radius 3 is 2.76 bits per heavy atom. The number of carbonyl (C=O) groups is 1. The van der Waals surface area contributed by atoms with Gasteiger partial charge in [0.05, 0.1) is 13.2 Å². The summed E-state index contributed by atoms with van der Waals surface area (Å²) in [6.45, 7) is -0.230. The van der Waals surface area contributed by atoms with Crippen molar-refractivity contribution in [1.29, 1.82) is 0 Å². The molecule has 1 amide bonds. The van der Waals surface area contributed by atoms with Crippen molar-refractivity contribution in [3.63, 3.8) is 0 Å². The number of ether oxygens (including phenoxy) is 2. The first kappa shape index (κ1) is 17.7. The number of rotatable bonds is 8. The maximum absolute atomic E-state index is 11.6. The highest BCUT2D eigenvalue weighted by molar-refractivity contribution is 5.81. The number of amides is 1. The van der Waals surface area contributed by atoms with E-state index in [2.05, 4.69) is 10.5 Å². The maximum Gasteiger partial charge on any atom is 0.433 e. The molecule has 0 spiro atoms. The fraction of sp³-hybridized carbons (Fsp3) is 0.125. The summed E-state index contributed by atoms with van der Waals surface area (Å²) in [6, 6.07) is 9.64. The molecule has 0 saturated carbocycles. The van der Waals surface area contributed by atoms with E-state index in [0.29, 0.717) is 17.3 Å². The van der Waals surface area contributed by atoms with Crippen LogP contribution >= 0.6 is 0 Å². The third-order valence-corrected chi connectivity index (χ3v) is 2.83. The standard InChI is InChI=1S/C16H15N3O6/c1-23-13-6-2-3-7-14(13)24-11-15(20)18-17-10-4-5-12-8-9-16(25-12)19(21)22/h2-10H,11H2,1H3,(H,18,20)/b5-4+,17-10-. The Bertz CT molecular complexity index is 797. The van der Waals surface area contributed by atoms with Gasteiger partial charge in [-0.2, -0.15) is 5.10 Å². The number of furan rings is 1. The minimum atomic E-state index is -0.632. The van der Waals surface area contributed by atoms with Crippen LogP contribution in [0.3, 0.4) is 0 Å². The highest BCUT2D eigenvalue weighted by Gasteiger charge is 2.09. The molecular formula is C16H15N3O6. The van der Waals surface area contributed by atoms with Crippen molar-refractivity contribution >= 4 is 24.1 Å². The number of carbonyl (C=O) groups excluding carboxylic acids is 1. The van der Waals surface area contributed by atoms with E-state index in [-0.39, 0.29) is 12.5 Å². The second-order valence-corrected chi connectivity index (χ2v) is 4.54. The summed E-state index contributed by atoms with van der Waals surface area (Å²) in [4.78, 5) is 21.5. The van der Waals surface area contributed by atoms with E-state index in [9.17, 15) is 14.9 Å². The van der Waals surface area contributed by atoms with Crippen molar-refractivity contribution in [2.75, 3.05) is 13.7 Å². The molecule has 0 fully saturated rings. The number of para-hydroxylation sites is 2. The van der Waals surface area contributed by atoms with Gasteiger partial charge in [0.25, 0.3) is 5.91 Å². The van der Waals surface area contributed by atoms with Crippen LogP contribution in [-0.4, -0.2) is 30.8 Å². The van der Waals surface area contributed by atoms with Gasteiger partial charge in [0.2, 0.25) is 0 Å². The molecule has 25 heavy (non-hydrogen) atoms.